The SMILES string of the molecule is Cc1cc(F)cc2c(OCCO)c(C#N)cnc12. The molecule has 0 atom stereocenters. The monoisotopic (exact) mass is 246 g/mol. The number of benzene rings is 1. The zero-order chi connectivity index (χ0) is 13.1. The molecule has 0 aliphatic heterocycles. The van der Waals surface area contributed by atoms with Crippen molar-refractivity contribution in [1.29, 1.82) is 5.26 Å². The van der Waals surface area contributed by atoms with E-state index in [0.717, 1.165) is 0 Å². The van der Waals surface area contributed by atoms with Crippen LogP contribution in [0.2, 0.25) is 0 Å². The van der Waals surface area contributed by atoms with Gasteiger partial charge in [0.1, 0.15) is 29.8 Å². The van der Waals surface area contributed by atoms with E-state index in [2.05, 4.69) is 4.98 Å². The highest BCUT2D eigenvalue weighted by atomic mass is 19.1. The van der Waals surface area contributed by atoms with Crippen LogP contribution in [0.4, 0.5) is 4.39 Å². The van der Waals surface area contributed by atoms with E-state index < -0.39 is 5.82 Å². The first-order valence-electron chi connectivity index (χ1n) is 5.40. The number of hydrogen-bond acceptors (Lipinski definition) is 4. The van der Waals surface area contributed by atoms with Crippen LogP contribution < -0.4 is 4.74 Å². The molecule has 0 bridgehead atoms. The number of fused-ring (bicyclic) bond motifs is 1. The number of ether oxygens (including phenoxy) is 1. The average Bonchev–Trinajstić information content (AvgIpc) is 2.35. The van der Waals surface area contributed by atoms with Crippen molar-refractivity contribution in [1.82, 2.24) is 4.98 Å². The number of rotatable bonds is 3. The van der Waals surface area contributed by atoms with Crippen LogP contribution in [0.25, 0.3) is 10.9 Å². The van der Waals surface area contributed by atoms with E-state index in [4.69, 9.17) is 15.1 Å². The van der Waals surface area contributed by atoms with E-state index in [1.54, 1.807) is 6.92 Å². The summed E-state index contributed by atoms with van der Waals surface area (Å²) in [6, 6.07) is 4.60. The van der Waals surface area contributed by atoms with Crippen LogP contribution >= 0.6 is 0 Å². The Labute approximate surface area is 103 Å². The number of aryl methyl sites for hydroxylation is 1. The molecule has 1 heterocycles. The number of nitrogens with zero attached hydrogens (tertiary/aromatic N) is 2. The molecule has 0 fully saturated rings. The van der Waals surface area contributed by atoms with Crippen molar-refractivity contribution in [2.24, 2.45) is 0 Å². The highest BCUT2D eigenvalue weighted by molar-refractivity contribution is 5.89. The fourth-order valence-corrected chi connectivity index (χ4v) is 1.80. The maximum Gasteiger partial charge on any atom is 0.148 e. The van der Waals surface area contributed by atoms with Crippen LogP contribution in [-0.2, 0) is 0 Å². The van der Waals surface area contributed by atoms with E-state index in [-0.39, 0.29) is 24.5 Å². The summed E-state index contributed by atoms with van der Waals surface area (Å²) in [5.41, 5.74) is 1.48. The van der Waals surface area contributed by atoms with Gasteiger partial charge in [0.05, 0.1) is 12.1 Å². The molecule has 0 aliphatic rings. The lowest BCUT2D eigenvalue weighted by molar-refractivity contribution is 0.202. The van der Waals surface area contributed by atoms with Gasteiger partial charge in [-0.05, 0) is 24.6 Å². The second-order valence-corrected chi connectivity index (χ2v) is 3.80. The first-order chi connectivity index (χ1) is 8.67. The molecule has 0 aliphatic carbocycles. The molecule has 0 unspecified atom stereocenters. The van der Waals surface area contributed by atoms with Crippen LogP contribution in [0.15, 0.2) is 18.3 Å². The third-order valence-corrected chi connectivity index (χ3v) is 2.54. The molecule has 1 N–H and O–H groups in total. The standard InChI is InChI=1S/C13H11FN2O2/c1-8-4-10(14)5-11-12(8)16-7-9(6-15)13(11)18-3-2-17/h4-5,7,17H,2-3H2,1H3. The van der Waals surface area contributed by atoms with Crippen molar-refractivity contribution in [3.63, 3.8) is 0 Å². The largest absolute Gasteiger partial charge is 0.489 e. The number of aliphatic hydroxyl groups excluding tert-OH is 1. The molecule has 1 aromatic heterocycles. The molecular weight excluding hydrogens is 235 g/mol. The van der Waals surface area contributed by atoms with Crippen LogP contribution in [-0.4, -0.2) is 23.3 Å². The zero-order valence-corrected chi connectivity index (χ0v) is 9.77. The zero-order valence-electron chi connectivity index (χ0n) is 9.77. The topological polar surface area (TPSA) is 66.1 Å². The molecular formula is C13H11FN2O2. The van der Waals surface area contributed by atoms with Crippen LogP contribution in [0.3, 0.4) is 0 Å². The molecule has 0 saturated heterocycles. The number of nitriles is 1. The van der Waals surface area contributed by atoms with E-state index in [1.165, 1.54) is 18.3 Å². The average molecular weight is 246 g/mol. The Morgan fingerprint density at radius 2 is 2.28 bits per heavy atom. The Hall–Kier alpha value is -2.19. The van der Waals surface area contributed by atoms with E-state index >= 15 is 0 Å². The summed E-state index contributed by atoms with van der Waals surface area (Å²) in [6.45, 7) is 1.60. The second kappa shape index (κ2) is 4.98. The predicted molar refractivity (Wildman–Crippen MR) is 63.7 cm³/mol. The normalized spacial score (nSPS) is 10.3. The van der Waals surface area contributed by atoms with Crippen LogP contribution in [0.5, 0.6) is 5.75 Å². The molecule has 0 radical (unpaired) electrons. The maximum atomic E-state index is 13.4. The molecule has 0 saturated carbocycles. The fourth-order valence-electron chi connectivity index (χ4n) is 1.80. The van der Waals surface area contributed by atoms with Crippen molar-refractivity contribution in [2.45, 2.75) is 6.92 Å². The number of aliphatic hydroxyl groups is 1. The van der Waals surface area contributed by atoms with Crippen molar-refractivity contribution in [3.8, 4) is 11.8 Å². The lowest BCUT2D eigenvalue weighted by Crippen LogP contribution is -2.04. The van der Waals surface area contributed by atoms with E-state index in [1.807, 2.05) is 6.07 Å². The molecule has 5 heteroatoms. The van der Waals surface area contributed by atoms with Crippen LogP contribution in [0, 0.1) is 24.1 Å². The lowest BCUT2D eigenvalue weighted by Gasteiger charge is -2.11. The number of halogens is 1. The highest BCUT2D eigenvalue weighted by Crippen LogP contribution is 2.30. The van der Waals surface area contributed by atoms with Crippen molar-refractivity contribution in [3.05, 3.63) is 35.3 Å². The van der Waals surface area contributed by atoms with Crippen molar-refractivity contribution >= 4 is 10.9 Å². The molecule has 2 rings (SSSR count). The summed E-state index contributed by atoms with van der Waals surface area (Å²) < 4.78 is 18.7. The van der Waals surface area contributed by atoms with Gasteiger partial charge in [-0.15, -0.1) is 0 Å². The van der Waals surface area contributed by atoms with E-state index in [0.29, 0.717) is 16.5 Å². The van der Waals surface area contributed by atoms with Crippen molar-refractivity contribution in [2.75, 3.05) is 13.2 Å². The minimum absolute atomic E-state index is 0.0450. The highest BCUT2D eigenvalue weighted by Gasteiger charge is 2.13. The van der Waals surface area contributed by atoms with Crippen LogP contribution in [0.1, 0.15) is 11.1 Å². The fraction of sp³-hybridized carbons (Fsp3) is 0.231. The third kappa shape index (κ3) is 2.11. The van der Waals surface area contributed by atoms with Crippen molar-refractivity contribution < 1.29 is 14.2 Å². The molecule has 1 aromatic carbocycles. The van der Waals surface area contributed by atoms with Gasteiger partial charge in [-0.2, -0.15) is 5.26 Å². The lowest BCUT2D eigenvalue weighted by atomic mass is 10.1. The smallest absolute Gasteiger partial charge is 0.148 e. The first-order valence-corrected chi connectivity index (χ1v) is 5.40. The van der Waals surface area contributed by atoms with Gasteiger partial charge in [-0.25, -0.2) is 4.39 Å². The van der Waals surface area contributed by atoms with Gasteiger partial charge in [0, 0.05) is 11.6 Å². The van der Waals surface area contributed by atoms with Gasteiger partial charge in [0.25, 0.3) is 0 Å². The number of aromatic nitrogens is 1. The molecule has 4 nitrogen and oxygen atoms in total. The van der Waals surface area contributed by atoms with Gasteiger partial charge >= 0.3 is 0 Å². The summed E-state index contributed by atoms with van der Waals surface area (Å²) in [5.74, 6) is -0.148. The first kappa shape index (κ1) is 12.3. The summed E-state index contributed by atoms with van der Waals surface area (Å²) in [6.07, 6.45) is 1.39. The molecule has 2 aromatic rings. The van der Waals surface area contributed by atoms with E-state index in [9.17, 15) is 4.39 Å². The quantitative estimate of drug-likeness (QED) is 0.898. The summed E-state index contributed by atoms with van der Waals surface area (Å²) in [5, 5.41) is 18.2. The Morgan fingerprint density at radius 3 is 2.94 bits per heavy atom. The van der Waals surface area contributed by atoms with Gasteiger partial charge in [0.15, 0.2) is 0 Å². The molecule has 0 spiro atoms. The number of pyridine rings is 1. The van der Waals surface area contributed by atoms with Gasteiger partial charge in [-0.3, -0.25) is 4.98 Å². The molecule has 18 heavy (non-hydrogen) atoms. The Kier molecular flexibility index (Phi) is 3.40. The summed E-state index contributed by atoms with van der Waals surface area (Å²) in [7, 11) is 0. The van der Waals surface area contributed by atoms with Gasteiger partial charge in [-0.1, -0.05) is 0 Å². The summed E-state index contributed by atoms with van der Waals surface area (Å²) >= 11 is 0. The maximum absolute atomic E-state index is 13.4. The minimum atomic E-state index is -0.411. The Bertz CT molecular complexity index is 635. The number of hydrogen-bond donors (Lipinski definition) is 1. The summed E-state index contributed by atoms with van der Waals surface area (Å²) in [4.78, 5) is 4.13. The minimum Gasteiger partial charge on any atom is -0.489 e. The Balaban J connectivity index is 2.72. The second-order valence-electron chi connectivity index (χ2n) is 3.80. The third-order valence-electron chi connectivity index (χ3n) is 2.54. The molecule has 92 valence electrons. The van der Waals surface area contributed by atoms with Gasteiger partial charge < -0.3 is 9.84 Å². The Morgan fingerprint density at radius 1 is 1.50 bits per heavy atom. The molecule has 0 amide bonds. The van der Waals surface area contributed by atoms with Gasteiger partial charge in [0.2, 0.25) is 0 Å². The predicted octanol–water partition coefficient (Wildman–Crippen LogP) is 1.93.